The number of aromatic nitrogens is 1. The summed E-state index contributed by atoms with van der Waals surface area (Å²) < 4.78 is 0. The molecule has 1 amide bonds. The molecule has 4 heteroatoms. The minimum absolute atomic E-state index is 0.249. The summed E-state index contributed by atoms with van der Waals surface area (Å²) in [6.45, 7) is 6.71. The van der Waals surface area contributed by atoms with E-state index in [4.69, 9.17) is 4.98 Å². The Labute approximate surface area is 155 Å². The molecule has 2 atom stereocenters. The van der Waals surface area contributed by atoms with Crippen molar-refractivity contribution in [1.82, 2.24) is 4.98 Å². The number of amides is 1. The third-order valence-electron chi connectivity index (χ3n) is 6.59. The number of para-hydroxylation sites is 2. The molecule has 0 radical (unpaired) electrons. The fourth-order valence-corrected chi connectivity index (χ4v) is 4.99. The predicted octanol–water partition coefficient (Wildman–Crippen LogP) is 4.33. The molecule has 1 aromatic carbocycles. The van der Waals surface area contributed by atoms with Crippen LogP contribution in [0.25, 0.3) is 0 Å². The standard InChI is InChI=1S/C22H27N3O/c1-16-14-22(18-6-5-11-23-21(18)17(16)2)9-12-25(13-10-22)20-8-4-3-7-19(20)24-15-26/h3-8,11,15-17H,9-10,12-14H2,1-2H3,(H,24,26). The van der Waals surface area contributed by atoms with Crippen LogP contribution in [-0.2, 0) is 10.2 Å². The fraction of sp³-hybridized carbons (Fsp3) is 0.455. The van der Waals surface area contributed by atoms with Crippen molar-refractivity contribution < 1.29 is 4.79 Å². The summed E-state index contributed by atoms with van der Waals surface area (Å²) in [5.74, 6) is 1.19. The lowest BCUT2D eigenvalue weighted by atomic mass is 9.60. The van der Waals surface area contributed by atoms with Crippen LogP contribution in [0.2, 0.25) is 0 Å². The van der Waals surface area contributed by atoms with Crippen molar-refractivity contribution >= 4 is 17.8 Å². The number of benzene rings is 1. The second kappa shape index (κ2) is 6.75. The number of anilines is 2. The van der Waals surface area contributed by atoms with Gasteiger partial charge in [-0.25, -0.2) is 0 Å². The van der Waals surface area contributed by atoms with Crippen LogP contribution >= 0.6 is 0 Å². The Morgan fingerprint density at radius 3 is 2.69 bits per heavy atom. The van der Waals surface area contributed by atoms with Crippen molar-refractivity contribution in [2.24, 2.45) is 5.92 Å². The average Bonchev–Trinajstić information content (AvgIpc) is 2.68. The third-order valence-corrected chi connectivity index (χ3v) is 6.59. The van der Waals surface area contributed by atoms with Crippen LogP contribution < -0.4 is 10.2 Å². The van der Waals surface area contributed by atoms with E-state index in [9.17, 15) is 4.79 Å². The smallest absolute Gasteiger partial charge is 0.211 e. The maximum Gasteiger partial charge on any atom is 0.211 e. The third kappa shape index (κ3) is 2.77. The molecule has 1 N–H and O–H groups in total. The van der Waals surface area contributed by atoms with Gasteiger partial charge in [0.2, 0.25) is 6.41 Å². The molecule has 4 nitrogen and oxygen atoms in total. The van der Waals surface area contributed by atoms with Crippen molar-refractivity contribution in [2.75, 3.05) is 23.3 Å². The molecule has 1 fully saturated rings. The molecular formula is C22H27N3O. The molecule has 1 aromatic heterocycles. The van der Waals surface area contributed by atoms with Gasteiger partial charge < -0.3 is 10.2 Å². The van der Waals surface area contributed by atoms with E-state index in [2.05, 4.69) is 42.3 Å². The van der Waals surface area contributed by atoms with Gasteiger partial charge in [0.1, 0.15) is 0 Å². The monoisotopic (exact) mass is 349 g/mol. The van der Waals surface area contributed by atoms with Crippen molar-refractivity contribution in [3.05, 3.63) is 53.9 Å². The Kier molecular flexibility index (Phi) is 4.43. The highest BCUT2D eigenvalue weighted by molar-refractivity contribution is 5.81. The molecule has 1 spiro atoms. The minimum atomic E-state index is 0.249. The van der Waals surface area contributed by atoms with Crippen LogP contribution in [0.5, 0.6) is 0 Å². The summed E-state index contributed by atoms with van der Waals surface area (Å²) in [4.78, 5) is 18.1. The first-order valence-corrected chi connectivity index (χ1v) is 9.64. The van der Waals surface area contributed by atoms with Crippen LogP contribution in [0.3, 0.4) is 0 Å². The lowest BCUT2D eigenvalue weighted by Gasteiger charge is -2.49. The SMILES string of the molecule is CC1CC2(CCN(c3ccccc3NC=O)CC2)c2cccnc2C1C. The maximum absolute atomic E-state index is 10.9. The van der Waals surface area contributed by atoms with Gasteiger partial charge in [-0.2, -0.15) is 0 Å². The number of hydrogen-bond donors (Lipinski definition) is 1. The molecule has 2 heterocycles. The van der Waals surface area contributed by atoms with Crippen molar-refractivity contribution in [3.63, 3.8) is 0 Å². The molecule has 136 valence electrons. The molecule has 2 aromatic rings. The van der Waals surface area contributed by atoms with Crippen molar-refractivity contribution in [2.45, 2.75) is 44.4 Å². The number of hydrogen-bond acceptors (Lipinski definition) is 3. The van der Waals surface area contributed by atoms with E-state index in [1.807, 2.05) is 24.4 Å². The van der Waals surface area contributed by atoms with Gasteiger partial charge in [0.05, 0.1) is 11.4 Å². The first kappa shape index (κ1) is 17.1. The van der Waals surface area contributed by atoms with Gasteiger partial charge >= 0.3 is 0 Å². The number of nitrogens with zero attached hydrogens (tertiary/aromatic N) is 2. The number of carbonyl (C=O) groups excluding carboxylic acids is 1. The van der Waals surface area contributed by atoms with Crippen LogP contribution in [-0.4, -0.2) is 24.5 Å². The summed E-state index contributed by atoms with van der Waals surface area (Å²) in [6, 6.07) is 12.5. The van der Waals surface area contributed by atoms with Crippen LogP contribution in [0.1, 0.15) is 50.3 Å². The van der Waals surface area contributed by atoms with Crippen LogP contribution in [0.15, 0.2) is 42.6 Å². The second-order valence-electron chi connectivity index (χ2n) is 7.95. The molecule has 0 bridgehead atoms. The van der Waals surface area contributed by atoms with Gasteiger partial charge in [-0.1, -0.05) is 32.0 Å². The van der Waals surface area contributed by atoms with Crippen LogP contribution in [0.4, 0.5) is 11.4 Å². The summed E-state index contributed by atoms with van der Waals surface area (Å²) in [5.41, 5.74) is 5.05. The highest BCUT2D eigenvalue weighted by Gasteiger charge is 2.44. The molecule has 2 unspecified atom stereocenters. The molecular weight excluding hydrogens is 322 g/mol. The average molecular weight is 349 g/mol. The number of fused-ring (bicyclic) bond motifs is 2. The van der Waals surface area contributed by atoms with Gasteiger partial charge in [-0.05, 0) is 48.9 Å². The van der Waals surface area contributed by atoms with Gasteiger partial charge in [0, 0.05) is 36.3 Å². The lowest BCUT2D eigenvalue weighted by Crippen LogP contribution is -2.46. The van der Waals surface area contributed by atoms with E-state index in [1.165, 1.54) is 17.7 Å². The maximum atomic E-state index is 10.9. The number of piperidine rings is 1. The Bertz CT molecular complexity index is 795. The van der Waals surface area contributed by atoms with E-state index in [-0.39, 0.29) is 5.41 Å². The summed E-state index contributed by atoms with van der Waals surface area (Å²) in [6.07, 6.45) is 6.22. The molecule has 26 heavy (non-hydrogen) atoms. The molecule has 0 saturated carbocycles. The first-order valence-electron chi connectivity index (χ1n) is 9.64. The van der Waals surface area contributed by atoms with E-state index in [0.717, 1.165) is 43.7 Å². The van der Waals surface area contributed by atoms with E-state index in [0.29, 0.717) is 11.8 Å². The Balaban J connectivity index is 1.61. The van der Waals surface area contributed by atoms with Crippen LogP contribution in [0, 0.1) is 5.92 Å². The molecule has 2 aliphatic rings. The zero-order chi connectivity index (χ0) is 18.1. The lowest BCUT2D eigenvalue weighted by molar-refractivity contribution is -0.105. The summed E-state index contributed by atoms with van der Waals surface area (Å²) >= 11 is 0. The quantitative estimate of drug-likeness (QED) is 0.839. The number of rotatable bonds is 3. The zero-order valence-corrected chi connectivity index (χ0v) is 15.6. The second-order valence-corrected chi connectivity index (χ2v) is 7.95. The fourth-order valence-electron chi connectivity index (χ4n) is 4.99. The Hall–Kier alpha value is -2.36. The highest BCUT2D eigenvalue weighted by atomic mass is 16.1. The van der Waals surface area contributed by atoms with E-state index < -0.39 is 0 Å². The van der Waals surface area contributed by atoms with Crippen molar-refractivity contribution in [1.29, 1.82) is 0 Å². The highest BCUT2D eigenvalue weighted by Crippen LogP contribution is 2.50. The zero-order valence-electron chi connectivity index (χ0n) is 15.6. The number of pyridine rings is 1. The largest absolute Gasteiger partial charge is 0.370 e. The number of nitrogens with one attached hydrogen (secondary N) is 1. The summed E-state index contributed by atoms with van der Waals surface area (Å²) in [5, 5.41) is 2.84. The van der Waals surface area contributed by atoms with Crippen molar-refractivity contribution in [3.8, 4) is 0 Å². The molecule has 1 aliphatic heterocycles. The molecule has 1 aliphatic carbocycles. The molecule has 4 rings (SSSR count). The topological polar surface area (TPSA) is 45.2 Å². The van der Waals surface area contributed by atoms with E-state index in [1.54, 1.807) is 0 Å². The normalized spacial score (nSPS) is 24.2. The first-order chi connectivity index (χ1) is 12.6. The van der Waals surface area contributed by atoms with Gasteiger partial charge in [0.25, 0.3) is 0 Å². The minimum Gasteiger partial charge on any atom is -0.370 e. The molecule has 1 saturated heterocycles. The Morgan fingerprint density at radius 2 is 1.92 bits per heavy atom. The summed E-state index contributed by atoms with van der Waals surface area (Å²) in [7, 11) is 0. The Morgan fingerprint density at radius 1 is 1.15 bits per heavy atom. The van der Waals surface area contributed by atoms with Gasteiger partial charge in [0.15, 0.2) is 0 Å². The van der Waals surface area contributed by atoms with E-state index >= 15 is 0 Å². The number of carbonyl (C=O) groups is 1. The van der Waals surface area contributed by atoms with Gasteiger partial charge in [-0.3, -0.25) is 9.78 Å². The van der Waals surface area contributed by atoms with Gasteiger partial charge in [-0.15, -0.1) is 0 Å². The predicted molar refractivity (Wildman–Crippen MR) is 106 cm³/mol.